The van der Waals surface area contributed by atoms with E-state index in [-0.39, 0.29) is 11.9 Å². The molecule has 1 saturated carbocycles. The Morgan fingerprint density at radius 3 is 2.60 bits per heavy atom. The molecular weight excluding hydrogens is 188 g/mol. The first-order valence-corrected chi connectivity index (χ1v) is 5.95. The van der Waals surface area contributed by atoms with E-state index in [1.165, 1.54) is 25.7 Å². The standard InChI is InChI=1S/C12H24N2O/c1-9(11(15)13-4)14-10-7-5-6-8-12(10,2)3/h9-10,14H,5-8H2,1-4H3,(H,13,15). The Morgan fingerprint density at radius 2 is 2.07 bits per heavy atom. The van der Waals surface area contributed by atoms with Crippen LogP contribution >= 0.6 is 0 Å². The zero-order valence-electron chi connectivity index (χ0n) is 10.4. The summed E-state index contributed by atoms with van der Waals surface area (Å²) in [6.45, 7) is 6.52. The van der Waals surface area contributed by atoms with Gasteiger partial charge in [-0.15, -0.1) is 0 Å². The number of rotatable bonds is 3. The van der Waals surface area contributed by atoms with Crippen LogP contribution in [-0.4, -0.2) is 25.0 Å². The van der Waals surface area contributed by atoms with E-state index < -0.39 is 0 Å². The van der Waals surface area contributed by atoms with Crippen LogP contribution in [0.5, 0.6) is 0 Å². The molecule has 0 aromatic carbocycles. The first-order valence-electron chi connectivity index (χ1n) is 5.95. The number of carbonyl (C=O) groups is 1. The molecule has 0 radical (unpaired) electrons. The molecule has 3 nitrogen and oxygen atoms in total. The quantitative estimate of drug-likeness (QED) is 0.747. The molecule has 0 saturated heterocycles. The lowest BCUT2D eigenvalue weighted by Crippen LogP contribution is -2.52. The van der Waals surface area contributed by atoms with Crippen LogP contribution in [-0.2, 0) is 4.79 Å². The summed E-state index contributed by atoms with van der Waals surface area (Å²) in [7, 11) is 1.69. The minimum atomic E-state index is -0.0858. The van der Waals surface area contributed by atoms with Crippen LogP contribution in [0.25, 0.3) is 0 Å². The fraction of sp³-hybridized carbons (Fsp3) is 0.917. The van der Waals surface area contributed by atoms with Crippen molar-refractivity contribution in [2.45, 2.75) is 58.5 Å². The summed E-state index contributed by atoms with van der Waals surface area (Å²) < 4.78 is 0. The number of likely N-dealkylation sites (N-methyl/N-ethyl adjacent to an activating group) is 1. The van der Waals surface area contributed by atoms with Crippen LogP contribution in [0.1, 0.15) is 46.5 Å². The highest BCUT2D eigenvalue weighted by Crippen LogP contribution is 2.35. The first kappa shape index (κ1) is 12.5. The van der Waals surface area contributed by atoms with Crippen LogP contribution in [0.4, 0.5) is 0 Å². The van der Waals surface area contributed by atoms with Crippen molar-refractivity contribution in [3.63, 3.8) is 0 Å². The third-order valence-electron chi connectivity index (χ3n) is 3.60. The number of nitrogens with one attached hydrogen (secondary N) is 2. The number of hydrogen-bond acceptors (Lipinski definition) is 2. The van der Waals surface area contributed by atoms with Crippen LogP contribution in [0.2, 0.25) is 0 Å². The van der Waals surface area contributed by atoms with E-state index in [2.05, 4.69) is 24.5 Å². The Hall–Kier alpha value is -0.570. The van der Waals surface area contributed by atoms with E-state index in [4.69, 9.17) is 0 Å². The van der Waals surface area contributed by atoms with Gasteiger partial charge in [0.05, 0.1) is 6.04 Å². The van der Waals surface area contributed by atoms with Gasteiger partial charge in [-0.3, -0.25) is 4.79 Å². The molecule has 3 heteroatoms. The van der Waals surface area contributed by atoms with E-state index in [1.54, 1.807) is 7.05 Å². The lowest BCUT2D eigenvalue weighted by atomic mass is 9.73. The maximum Gasteiger partial charge on any atom is 0.236 e. The molecule has 1 fully saturated rings. The normalized spacial score (nSPS) is 27.1. The number of carbonyl (C=O) groups excluding carboxylic acids is 1. The van der Waals surface area contributed by atoms with Crippen molar-refractivity contribution in [2.75, 3.05) is 7.05 Å². The lowest BCUT2D eigenvalue weighted by Gasteiger charge is -2.40. The topological polar surface area (TPSA) is 41.1 Å². The van der Waals surface area contributed by atoms with Crippen molar-refractivity contribution in [3.05, 3.63) is 0 Å². The number of hydrogen-bond donors (Lipinski definition) is 2. The first-order chi connectivity index (χ1) is 6.97. The molecule has 2 unspecified atom stereocenters. The smallest absolute Gasteiger partial charge is 0.236 e. The van der Waals surface area contributed by atoms with Crippen LogP contribution in [0, 0.1) is 5.41 Å². The molecule has 15 heavy (non-hydrogen) atoms. The summed E-state index contributed by atoms with van der Waals surface area (Å²) in [6, 6.07) is 0.385. The van der Waals surface area contributed by atoms with Gasteiger partial charge < -0.3 is 10.6 Å². The van der Waals surface area contributed by atoms with Gasteiger partial charge in [0.15, 0.2) is 0 Å². The highest BCUT2D eigenvalue weighted by atomic mass is 16.2. The van der Waals surface area contributed by atoms with Crippen LogP contribution in [0.15, 0.2) is 0 Å². The molecule has 2 atom stereocenters. The molecule has 0 bridgehead atoms. The summed E-state index contributed by atoms with van der Waals surface area (Å²) >= 11 is 0. The fourth-order valence-corrected chi connectivity index (χ4v) is 2.40. The Kier molecular flexibility index (Phi) is 4.14. The van der Waals surface area contributed by atoms with Gasteiger partial charge in [0.25, 0.3) is 0 Å². The second-order valence-corrected chi connectivity index (χ2v) is 5.29. The molecule has 1 aliphatic carbocycles. The van der Waals surface area contributed by atoms with E-state index in [9.17, 15) is 4.79 Å². The monoisotopic (exact) mass is 212 g/mol. The Bertz CT molecular complexity index is 226. The SMILES string of the molecule is CNC(=O)C(C)NC1CCCCC1(C)C. The van der Waals surface area contributed by atoms with Crippen LogP contribution < -0.4 is 10.6 Å². The van der Waals surface area contributed by atoms with Gasteiger partial charge in [-0.05, 0) is 25.2 Å². The summed E-state index contributed by atoms with van der Waals surface area (Å²) in [5, 5.41) is 6.13. The average Bonchev–Trinajstić information content (AvgIpc) is 2.19. The summed E-state index contributed by atoms with van der Waals surface area (Å²) in [4.78, 5) is 11.4. The minimum absolute atomic E-state index is 0.0800. The molecule has 2 N–H and O–H groups in total. The lowest BCUT2D eigenvalue weighted by molar-refractivity contribution is -0.122. The van der Waals surface area contributed by atoms with E-state index in [0.29, 0.717) is 11.5 Å². The Balaban J connectivity index is 2.52. The second kappa shape index (κ2) is 4.97. The molecule has 0 aromatic rings. The zero-order valence-corrected chi connectivity index (χ0v) is 10.4. The van der Waals surface area contributed by atoms with Crippen molar-refractivity contribution in [2.24, 2.45) is 5.41 Å². The van der Waals surface area contributed by atoms with Gasteiger partial charge in [0.2, 0.25) is 5.91 Å². The van der Waals surface area contributed by atoms with Crippen LogP contribution in [0.3, 0.4) is 0 Å². The molecule has 0 aliphatic heterocycles. The zero-order chi connectivity index (χ0) is 11.5. The van der Waals surface area contributed by atoms with Crippen molar-refractivity contribution < 1.29 is 4.79 Å². The van der Waals surface area contributed by atoms with Crippen molar-refractivity contribution in [3.8, 4) is 0 Å². The van der Waals surface area contributed by atoms with Gasteiger partial charge in [-0.2, -0.15) is 0 Å². The van der Waals surface area contributed by atoms with E-state index in [0.717, 1.165) is 0 Å². The molecule has 0 spiro atoms. The summed E-state index contributed by atoms with van der Waals surface area (Å²) in [6.07, 6.45) is 5.04. The molecule has 88 valence electrons. The summed E-state index contributed by atoms with van der Waals surface area (Å²) in [5.41, 5.74) is 0.320. The van der Waals surface area contributed by atoms with E-state index in [1.807, 2.05) is 6.92 Å². The Morgan fingerprint density at radius 1 is 1.40 bits per heavy atom. The molecule has 0 aromatic heterocycles. The highest BCUT2D eigenvalue weighted by Gasteiger charge is 2.33. The van der Waals surface area contributed by atoms with Crippen molar-refractivity contribution in [1.29, 1.82) is 0 Å². The minimum Gasteiger partial charge on any atom is -0.358 e. The maximum atomic E-state index is 11.4. The number of amides is 1. The van der Waals surface area contributed by atoms with Crippen molar-refractivity contribution in [1.82, 2.24) is 10.6 Å². The molecule has 1 amide bonds. The highest BCUT2D eigenvalue weighted by molar-refractivity contribution is 5.80. The molecule has 1 rings (SSSR count). The Labute approximate surface area is 93.0 Å². The summed E-state index contributed by atoms with van der Waals surface area (Å²) in [5.74, 6) is 0.0800. The van der Waals surface area contributed by atoms with E-state index >= 15 is 0 Å². The third-order valence-corrected chi connectivity index (χ3v) is 3.60. The van der Waals surface area contributed by atoms with Gasteiger partial charge in [0, 0.05) is 13.1 Å². The van der Waals surface area contributed by atoms with Gasteiger partial charge in [-0.1, -0.05) is 26.7 Å². The average molecular weight is 212 g/mol. The van der Waals surface area contributed by atoms with Crippen molar-refractivity contribution >= 4 is 5.91 Å². The fourth-order valence-electron chi connectivity index (χ4n) is 2.40. The third kappa shape index (κ3) is 3.20. The molecule has 1 aliphatic rings. The van der Waals surface area contributed by atoms with Gasteiger partial charge >= 0.3 is 0 Å². The van der Waals surface area contributed by atoms with Gasteiger partial charge in [0.1, 0.15) is 0 Å². The predicted molar refractivity (Wildman–Crippen MR) is 62.7 cm³/mol. The maximum absolute atomic E-state index is 11.4. The second-order valence-electron chi connectivity index (χ2n) is 5.29. The van der Waals surface area contributed by atoms with Gasteiger partial charge in [-0.25, -0.2) is 0 Å². The predicted octanol–water partition coefficient (Wildman–Crippen LogP) is 1.68. The largest absolute Gasteiger partial charge is 0.358 e. The molecular formula is C12H24N2O. The molecule has 0 heterocycles.